The van der Waals surface area contributed by atoms with Crippen LogP contribution in [0.15, 0.2) is 18.2 Å². The van der Waals surface area contributed by atoms with Crippen molar-refractivity contribution in [1.29, 1.82) is 0 Å². The monoisotopic (exact) mass is 330 g/mol. The van der Waals surface area contributed by atoms with Gasteiger partial charge in [-0.1, -0.05) is 11.6 Å². The fourth-order valence-corrected chi connectivity index (χ4v) is 1.71. The van der Waals surface area contributed by atoms with Crippen LogP contribution < -0.4 is 10.6 Å². The molecule has 0 aliphatic rings. The van der Waals surface area contributed by atoms with Gasteiger partial charge in [0.25, 0.3) is 5.91 Å². The summed E-state index contributed by atoms with van der Waals surface area (Å²) in [4.78, 5) is 34.6. The third kappa shape index (κ3) is 5.33. The van der Waals surface area contributed by atoms with Crippen LogP contribution in [0.25, 0.3) is 0 Å². The Kier molecular flexibility index (Phi) is 6.78. The molecule has 2 N–H and O–H groups in total. The maximum atomic E-state index is 13.4. The molecule has 0 saturated heterocycles. The van der Waals surface area contributed by atoms with Crippen molar-refractivity contribution in [1.82, 2.24) is 10.6 Å². The number of nitrogens with one attached hydrogen (secondary N) is 2. The lowest BCUT2D eigenvalue weighted by Gasteiger charge is -2.13. The first-order chi connectivity index (χ1) is 10.3. The number of carbonyl (C=O) groups is 3. The lowest BCUT2D eigenvalue weighted by Crippen LogP contribution is -2.46. The Balaban J connectivity index is 2.52. The van der Waals surface area contributed by atoms with Gasteiger partial charge in [-0.05, 0) is 32.0 Å². The summed E-state index contributed by atoms with van der Waals surface area (Å²) >= 11 is 5.66. The van der Waals surface area contributed by atoms with E-state index in [-0.39, 0.29) is 16.5 Å². The molecule has 0 radical (unpaired) electrons. The molecular formula is C14H16ClFN2O4. The highest BCUT2D eigenvalue weighted by molar-refractivity contribution is 6.30. The first-order valence-corrected chi connectivity index (χ1v) is 6.92. The molecule has 0 fully saturated rings. The number of benzene rings is 1. The van der Waals surface area contributed by atoms with Crippen molar-refractivity contribution in [2.45, 2.75) is 19.9 Å². The summed E-state index contributed by atoms with van der Waals surface area (Å²) in [5, 5.41) is 5.05. The van der Waals surface area contributed by atoms with Crippen molar-refractivity contribution in [2.75, 3.05) is 13.2 Å². The van der Waals surface area contributed by atoms with E-state index in [1.165, 1.54) is 13.0 Å². The van der Waals surface area contributed by atoms with Crippen LogP contribution in [0, 0.1) is 5.82 Å². The van der Waals surface area contributed by atoms with E-state index in [1.54, 1.807) is 6.92 Å². The number of rotatable bonds is 6. The number of hydrogen-bond donors (Lipinski definition) is 2. The molecule has 22 heavy (non-hydrogen) atoms. The zero-order valence-electron chi connectivity index (χ0n) is 12.1. The molecule has 2 amide bonds. The zero-order chi connectivity index (χ0) is 16.7. The largest absolute Gasteiger partial charge is 0.452 e. The smallest absolute Gasteiger partial charge is 0.341 e. The fourth-order valence-electron chi connectivity index (χ4n) is 1.54. The number of likely N-dealkylation sites (N-methyl/N-ethyl adjacent to an activating group) is 1. The molecule has 0 heterocycles. The lowest BCUT2D eigenvalue weighted by molar-refractivity contribution is -0.130. The van der Waals surface area contributed by atoms with Gasteiger partial charge in [-0.25, -0.2) is 9.18 Å². The highest BCUT2D eigenvalue weighted by Gasteiger charge is 2.18. The van der Waals surface area contributed by atoms with E-state index in [0.29, 0.717) is 6.54 Å². The van der Waals surface area contributed by atoms with Crippen LogP contribution in [0.1, 0.15) is 24.2 Å². The number of halogens is 2. The Morgan fingerprint density at radius 1 is 1.36 bits per heavy atom. The van der Waals surface area contributed by atoms with E-state index >= 15 is 0 Å². The van der Waals surface area contributed by atoms with Crippen LogP contribution in [0.3, 0.4) is 0 Å². The van der Waals surface area contributed by atoms with Crippen molar-refractivity contribution in [3.8, 4) is 0 Å². The van der Waals surface area contributed by atoms with E-state index in [4.69, 9.17) is 11.6 Å². The summed E-state index contributed by atoms with van der Waals surface area (Å²) in [6.45, 7) is 3.03. The van der Waals surface area contributed by atoms with Crippen LogP contribution in [0.2, 0.25) is 5.02 Å². The van der Waals surface area contributed by atoms with Gasteiger partial charge >= 0.3 is 5.97 Å². The van der Waals surface area contributed by atoms with Gasteiger partial charge in [0.05, 0.1) is 5.56 Å². The Bertz CT molecular complexity index is 580. The highest BCUT2D eigenvalue weighted by atomic mass is 35.5. The average molecular weight is 331 g/mol. The Labute approximate surface area is 132 Å². The summed E-state index contributed by atoms with van der Waals surface area (Å²) in [7, 11) is 0. The highest BCUT2D eigenvalue weighted by Crippen LogP contribution is 2.15. The molecule has 0 aliphatic heterocycles. The minimum atomic E-state index is -1.01. The molecule has 0 aliphatic carbocycles. The summed E-state index contributed by atoms with van der Waals surface area (Å²) in [6, 6.07) is 2.65. The van der Waals surface area contributed by atoms with Crippen LogP contribution in [0.4, 0.5) is 4.39 Å². The average Bonchev–Trinajstić information content (AvgIpc) is 2.47. The third-order valence-corrected chi connectivity index (χ3v) is 2.84. The van der Waals surface area contributed by atoms with Crippen LogP contribution in [-0.4, -0.2) is 37.0 Å². The van der Waals surface area contributed by atoms with Crippen molar-refractivity contribution >= 4 is 29.4 Å². The van der Waals surface area contributed by atoms with Gasteiger partial charge in [-0.3, -0.25) is 9.59 Å². The van der Waals surface area contributed by atoms with Crippen molar-refractivity contribution in [3.05, 3.63) is 34.6 Å². The van der Waals surface area contributed by atoms with Gasteiger partial charge in [0.15, 0.2) is 6.61 Å². The predicted octanol–water partition coefficient (Wildman–Crippen LogP) is 1.28. The van der Waals surface area contributed by atoms with Gasteiger partial charge in [0.1, 0.15) is 11.9 Å². The normalized spacial score (nSPS) is 11.5. The molecule has 0 bridgehead atoms. The van der Waals surface area contributed by atoms with Gasteiger partial charge < -0.3 is 15.4 Å². The van der Waals surface area contributed by atoms with Gasteiger partial charge in [-0.15, -0.1) is 0 Å². The minimum Gasteiger partial charge on any atom is -0.452 e. The third-order valence-electron chi connectivity index (χ3n) is 2.60. The quantitative estimate of drug-likeness (QED) is 0.769. The first kappa shape index (κ1) is 17.9. The first-order valence-electron chi connectivity index (χ1n) is 6.54. The second-order valence-electron chi connectivity index (χ2n) is 4.38. The van der Waals surface area contributed by atoms with E-state index in [2.05, 4.69) is 15.4 Å². The van der Waals surface area contributed by atoms with Crippen molar-refractivity contribution in [2.24, 2.45) is 0 Å². The molecule has 8 heteroatoms. The molecule has 1 atom stereocenters. The number of carbonyl (C=O) groups excluding carboxylic acids is 3. The van der Waals surface area contributed by atoms with Crippen molar-refractivity contribution in [3.63, 3.8) is 0 Å². The maximum Gasteiger partial charge on any atom is 0.341 e. The fraction of sp³-hybridized carbons (Fsp3) is 0.357. The SMILES string of the molecule is CCNC(=O)[C@@H](C)NC(=O)COC(=O)c1cc(Cl)ccc1F. The Hall–Kier alpha value is -2.15. The molecule has 1 rings (SSSR count). The summed E-state index contributed by atoms with van der Waals surface area (Å²) in [5.74, 6) is -2.84. The topological polar surface area (TPSA) is 84.5 Å². The summed E-state index contributed by atoms with van der Waals surface area (Å²) in [5.41, 5.74) is -0.364. The second kappa shape index (κ2) is 8.33. The summed E-state index contributed by atoms with van der Waals surface area (Å²) < 4.78 is 18.1. The van der Waals surface area contributed by atoms with E-state index in [0.717, 1.165) is 12.1 Å². The predicted molar refractivity (Wildman–Crippen MR) is 78.0 cm³/mol. The molecule has 1 aromatic carbocycles. The minimum absolute atomic E-state index is 0.169. The van der Waals surface area contributed by atoms with E-state index in [1.807, 2.05) is 0 Å². The Morgan fingerprint density at radius 2 is 2.05 bits per heavy atom. The zero-order valence-corrected chi connectivity index (χ0v) is 12.9. The number of esters is 1. The standard InChI is InChI=1S/C14H16ClFN2O4/c1-3-17-13(20)8(2)18-12(19)7-22-14(21)10-6-9(15)4-5-11(10)16/h4-6,8H,3,7H2,1-2H3,(H,17,20)(H,18,19)/t8-/m1/s1. The molecule has 0 unspecified atom stereocenters. The van der Waals surface area contributed by atoms with Gasteiger partial charge in [0.2, 0.25) is 5.91 Å². The van der Waals surface area contributed by atoms with Gasteiger partial charge in [-0.2, -0.15) is 0 Å². The van der Waals surface area contributed by atoms with Crippen LogP contribution >= 0.6 is 11.6 Å². The van der Waals surface area contributed by atoms with Crippen LogP contribution in [-0.2, 0) is 14.3 Å². The molecule has 1 aromatic rings. The molecular weight excluding hydrogens is 315 g/mol. The molecule has 0 spiro atoms. The molecule has 6 nitrogen and oxygen atoms in total. The maximum absolute atomic E-state index is 13.4. The molecule has 0 saturated carbocycles. The van der Waals surface area contributed by atoms with Crippen LogP contribution in [0.5, 0.6) is 0 Å². The number of ether oxygens (including phenoxy) is 1. The second-order valence-corrected chi connectivity index (χ2v) is 4.82. The molecule has 120 valence electrons. The number of amides is 2. The van der Waals surface area contributed by atoms with Crippen molar-refractivity contribution < 1.29 is 23.5 Å². The Morgan fingerprint density at radius 3 is 2.68 bits per heavy atom. The van der Waals surface area contributed by atoms with E-state index < -0.39 is 30.3 Å². The van der Waals surface area contributed by atoms with E-state index in [9.17, 15) is 18.8 Å². The summed E-state index contributed by atoms with van der Waals surface area (Å²) in [6.07, 6.45) is 0. The van der Waals surface area contributed by atoms with Gasteiger partial charge in [0, 0.05) is 11.6 Å². The lowest BCUT2D eigenvalue weighted by atomic mass is 10.2. The number of hydrogen-bond acceptors (Lipinski definition) is 4. The molecule has 0 aromatic heterocycles.